The molecule has 90 valence electrons. The zero-order valence-corrected chi connectivity index (χ0v) is 11.7. The summed E-state index contributed by atoms with van der Waals surface area (Å²) in [5.41, 5.74) is 1.16. The number of thiophene rings is 1. The van der Waals surface area contributed by atoms with Gasteiger partial charge in [-0.3, -0.25) is 10.1 Å². The van der Waals surface area contributed by atoms with Gasteiger partial charge in [-0.05, 0) is 31.5 Å². The Morgan fingerprint density at radius 1 is 1.47 bits per heavy atom. The fraction of sp³-hybridized carbons (Fsp3) is 0.273. The van der Waals surface area contributed by atoms with Crippen LogP contribution in [0.2, 0.25) is 0 Å². The molecule has 0 N–H and O–H groups in total. The van der Waals surface area contributed by atoms with Gasteiger partial charge in [0.15, 0.2) is 0 Å². The van der Waals surface area contributed by atoms with E-state index >= 15 is 0 Å². The molecule has 1 unspecified atom stereocenters. The summed E-state index contributed by atoms with van der Waals surface area (Å²) in [6.07, 6.45) is 0. The molecule has 0 aliphatic heterocycles. The molecule has 4 nitrogen and oxygen atoms in total. The van der Waals surface area contributed by atoms with Crippen molar-refractivity contribution in [3.63, 3.8) is 0 Å². The molecule has 2 aromatic heterocycles. The number of aryl methyl sites for hydroxylation is 2. The highest BCUT2D eigenvalue weighted by Gasteiger charge is 2.21. The fourth-order valence-electron chi connectivity index (χ4n) is 1.62. The molecule has 0 radical (unpaired) electrons. The summed E-state index contributed by atoms with van der Waals surface area (Å²) in [5.74, 6) is 0.331. The van der Waals surface area contributed by atoms with Gasteiger partial charge >= 0.3 is 5.88 Å². The summed E-state index contributed by atoms with van der Waals surface area (Å²) < 4.78 is 5.19. The van der Waals surface area contributed by atoms with Gasteiger partial charge in [0.2, 0.25) is 0 Å². The predicted octanol–water partition coefficient (Wildman–Crippen LogP) is 4.35. The molecule has 0 spiro atoms. The molecule has 17 heavy (non-hydrogen) atoms. The molecule has 0 fully saturated rings. The van der Waals surface area contributed by atoms with Crippen molar-refractivity contribution in [3.05, 3.63) is 49.4 Å². The van der Waals surface area contributed by atoms with Crippen molar-refractivity contribution in [3.8, 4) is 0 Å². The van der Waals surface area contributed by atoms with Crippen LogP contribution in [0.15, 0.2) is 22.6 Å². The van der Waals surface area contributed by atoms with Crippen molar-refractivity contribution in [1.82, 2.24) is 0 Å². The van der Waals surface area contributed by atoms with Gasteiger partial charge in [-0.25, -0.2) is 0 Å². The zero-order chi connectivity index (χ0) is 12.6. The summed E-state index contributed by atoms with van der Waals surface area (Å²) in [5, 5.41) is 10.5. The Kier molecular flexibility index (Phi) is 3.35. The second-order valence-electron chi connectivity index (χ2n) is 3.70. The zero-order valence-electron chi connectivity index (χ0n) is 9.27. The number of rotatable bonds is 3. The Hall–Kier alpha value is -1.14. The SMILES string of the molecule is Cc1cc(C)c(C(Br)c2ccc([N+](=O)[O-])o2)s1. The van der Waals surface area contributed by atoms with E-state index in [0.29, 0.717) is 5.76 Å². The van der Waals surface area contributed by atoms with Gasteiger partial charge in [-0.2, -0.15) is 0 Å². The van der Waals surface area contributed by atoms with Crippen LogP contribution in [0.4, 0.5) is 5.88 Å². The monoisotopic (exact) mass is 315 g/mol. The first kappa shape index (κ1) is 12.3. The molecule has 0 bridgehead atoms. The number of halogens is 1. The van der Waals surface area contributed by atoms with E-state index in [-0.39, 0.29) is 10.7 Å². The lowest BCUT2D eigenvalue weighted by molar-refractivity contribution is -0.402. The van der Waals surface area contributed by atoms with Crippen LogP contribution in [0, 0.1) is 24.0 Å². The lowest BCUT2D eigenvalue weighted by Crippen LogP contribution is -1.89. The molecule has 0 aliphatic carbocycles. The molecule has 2 aromatic rings. The maximum atomic E-state index is 10.5. The quantitative estimate of drug-likeness (QED) is 0.480. The van der Waals surface area contributed by atoms with Crippen LogP contribution in [-0.4, -0.2) is 4.92 Å². The number of hydrogen-bond donors (Lipinski definition) is 0. The average Bonchev–Trinajstić information content (AvgIpc) is 2.84. The smallest absolute Gasteiger partial charge is 0.404 e. The van der Waals surface area contributed by atoms with Crippen molar-refractivity contribution >= 4 is 33.2 Å². The summed E-state index contributed by atoms with van der Waals surface area (Å²) in [6, 6.07) is 5.09. The van der Waals surface area contributed by atoms with Crippen molar-refractivity contribution in [2.75, 3.05) is 0 Å². The van der Waals surface area contributed by atoms with Crippen LogP contribution in [-0.2, 0) is 0 Å². The second kappa shape index (κ2) is 4.62. The Bertz CT molecular complexity index is 561. The maximum Gasteiger partial charge on any atom is 0.433 e. The number of nitro groups is 1. The van der Waals surface area contributed by atoms with Crippen LogP contribution < -0.4 is 0 Å². The molecule has 1 atom stereocenters. The highest BCUT2D eigenvalue weighted by molar-refractivity contribution is 9.09. The van der Waals surface area contributed by atoms with E-state index in [1.54, 1.807) is 17.4 Å². The first-order valence-corrected chi connectivity index (χ1v) is 6.67. The molecule has 2 heterocycles. The normalized spacial score (nSPS) is 12.6. The molecule has 6 heteroatoms. The van der Waals surface area contributed by atoms with Crippen molar-refractivity contribution in [2.45, 2.75) is 18.7 Å². The first-order valence-electron chi connectivity index (χ1n) is 4.94. The molecule has 0 aromatic carbocycles. The van der Waals surface area contributed by atoms with Gasteiger partial charge in [0.05, 0.1) is 6.07 Å². The van der Waals surface area contributed by atoms with Gasteiger partial charge in [0, 0.05) is 9.75 Å². The number of alkyl halides is 1. The Labute approximate surface area is 111 Å². The topological polar surface area (TPSA) is 56.3 Å². The molecule has 0 amide bonds. The summed E-state index contributed by atoms with van der Waals surface area (Å²) in [6.45, 7) is 4.05. The Morgan fingerprint density at radius 3 is 2.65 bits per heavy atom. The summed E-state index contributed by atoms with van der Waals surface area (Å²) in [4.78, 5) is 12.2. The lowest BCUT2D eigenvalue weighted by atomic mass is 10.2. The Morgan fingerprint density at radius 2 is 2.18 bits per heavy atom. The Balaban J connectivity index is 2.33. The van der Waals surface area contributed by atoms with Gasteiger partial charge in [0.25, 0.3) is 0 Å². The number of nitrogens with zero attached hydrogens (tertiary/aromatic N) is 1. The lowest BCUT2D eigenvalue weighted by Gasteiger charge is -2.04. The van der Waals surface area contributed by atoms with Crippen LogP contribution >= 0.6 is 27.3 Å². The third-order valence-corrected chi connectivity index (χ3v) is 4.78. The molecular weight excluding hydrogens is 306 g/mol. The third-order valence-electron chi connectivity index (χ3n) is 2.35. The summed E-state index contributed by atoms with van der Waals surface area (Å²) in [7, 11) is 0. The third kappa shape index (κ3) is 2.42. The summed E-state index contributed by atoms with van der Waals surface area (Å²) >= 11 is 5.17. The van der Waals surface area contributed by atoms with Gasteiger partial charge in [-0.1, -0.05) is 15.9 Å². The minimum Gasteiger partial charge on any atom is -0.404 e. The molecule has 2 rings (SSSR count). The minimum atomic E-state index is -0.532. The number of furan rings is 1. The van der Waals surface area contributed by atoms with Crippen molar-refractivity contribution in [2.24, 2.45) is 0 Å². The van der Waals surface area contributed by atoms with E-state index in [9.17, 15) is 10.1 Å². The second-order valence-corrected chi connectivity index (χ2v) is 5.90. The van der Waals surface area contributed by atoms with Crippen molar-refractivity contribution in [1.29, 1.82) is 0 Å². The van der Waals surface area contributed by atoms with Gasteiger partial charge in [-0.15, -0.1) is 11.3 Å². The predicted molar refractivity (Wildman–Crippen MR) is 69.9 cm³/mol. The van der Waals surface area contributed by atoms with E-state index < -0.39 is 4.92 Å². The van der Waals surface area contributed by atoms with E-state index in [2.05, 4.69) is 22.0 Å². The largest absolute Gasteiger partial charge is 0.433 e. The van der Waals surface area contributed by atoms with Crippen molar-refractivity contribution < 1.29 is 9.34 Å². The number of hydrogen-bond acceptors (Lipinski definition) is 4. The highest BCUT2D eigenvalue weighted by atomic mass is 79.9. The van der Waals surface area contributed by atoms with E-state index in [1.165, 1.54) is 10.9 Å². The highest BCUT2D eigenvalue weighted by Crippen LogP contribution is 2.39. The van der Waals surface area contributed by atoms with Gasteiger partial charge in [0.1, 0.15) is 15.5 Å². The van der Waals surface area contributed by atoms with E-state index in [0.717, 1.165) is 10.4 Å². The molecular formula is C11H10BrNO3S. The first-order chi connectivity index (χ1) is 7.99. The van der Waals surface area contributed by atoms with Crippen LogP contribution in [0.3, 0.4) is 0 Å². The van der Waals surface area contributed by atoms with E-state index in [1.807, 2.05) is 13.8 Å². The minimum absolute atomic E-state index is 0.130. The molecule has 0 saturated carbocycles. The fourth-order valence-corrected chi connectivity index (χ4v) is 3.53. The maximum absolute atomic E-state index is 10.5. The van der Waals surface area contributed by atoms with Crippen LogP contribution in [0.25, 0.3) is 0 Å². The molecule has 0 saturated heterocycles. The van der Waals surface area contributed by atoms with Crippen LogP contribution in [0.1, 0.15) is 25.9 Å². The standard InChI is InChI=1S/C11H10BrNO3S/c1-6-5-7(2)17-11(6)10(12)8-3-4-9(16-8)13(14)15/h3-5,10H,1-2H3. The van der Waals surface area contributed by atoms with Crippen LogP contribution in [0.5, 0.6) is 0 Å². The molecule has 0 aliphatic rings. The van der Waals surface area contributed by atoms with E-state index in [4.69, 9.17) is 4.42 Å². The van der Waals surface area contributed by atoms with Gasteiger partial charge < -0.3 is 4.42 Å². The average molecular weight is 316 g/mol.